The fraction of sp³-hybridized carbons (Fsp3) is 0.333. The molecule has 3 rings (SSSR count). The quantitative estimate of drug-likeness (QED) is 0.851. The van der Waals surface area contributed by atoms with Crippen LogP contribution < -0.4 is 0 Å². The molecule has 1 amide bonds. The van der Waals surface area contributed by atoms with Crippen LogP contribution in [0.1, 0.15) is 16.9 Å². The lowest BCUT2D eigenvalue weighted by atomic mass is 10.1. The summed E-state index contributed by atoms with van der Waals surface area (Å²) in [6.07, 6.45) is 2.40. The summed E-state index contributed by atoms with van der Waals surface area (Å²) in [5.74, 6) is 0.895. The van der Waals surface area contributed by atoms with Crippen LogP contribution >= 0.6 is 0 Å². The average Bonchev–Trinajstić information content (AvgIpc) is 2.95. The lowest BCUT2D eigenvalue weighted by Crippen LogP contribution is -2.37. The SMILES string of the molecule is O=C(COCc1ccccc1)N1CCc2oncc2C1. The van der Waals surface area contributed by atoms with Gasteiger partial charge in [-0.3, -0.25) is 4.79 Å². The van der Waals surface area contributed by atoms with Crippen molar-refractivity contribution >= 4 is 5.91 Å². The smallest absolute Gasteiger partial charge is 0.248 e. The maximum absolute atomic E-state index is 12.1. The molecular formula is C15H16N2O3. The van der Waals surface area contributed by atoms with Gasteiger partial charge in [0.2, 0.25) is 5.91 Å². The molecule has 0 aliphatic carbocycles. The van der Waals surface area contributed by atoms with Gasteiger partial charge >= 0.3 is 0 Å². The van der Waals surface area contributed by atoms with Crippen LogP contribution in [0, 0.1) is 0 Å². The van der Waals surface area contributed by atoms with Crippen molar-refractivity contribution in [2.24, 2.45) is 0 Å². The maximum Gasteiger partial charge on any atom is 0.248 e. The van der Waals surface area contributed by atoms with Gasteiger partial charge < -0.3 is 14.2 Å². The molecule has 0 bridgehead atoms. The van der Waals surface area contributed by atoms with Crippen molar-refractivity contribution in [1.82, 2.24) is 10.1 Å². The normalized spacial score (nSPS) is 14.1. The molecule has 104 valence electrons. The third-order valence-electron chi connectivity index (χ3n) is 3.39. The molecule has 1 aliphatic rings. The van der Waals surface area contributed by atoms with E-state index in [-0.39, 0.29) is 12.5 Å². The molecule has 1 aromatic carbocycles. The Morgan fingerprint density at radius 2 is 2.20 bits per heavy atom. The highest BCUT2D eigenvalue weighted by Crippen LogP contribution is 2.18. The van der Waals surface area contributed by atoms with E-state index in [1.54, 1.807) is 11.1 Å². The van der Waals surface area contributed by atoms with Crippen LogP contribution in [0.2, 0.25) is 0 Å². The number of rotatable bonds is 4. The summed E-state index contributed by atoms with van der Waals surface area (Å²) in [7, 11) is 0. The van der Waals surface area contributed by atoms with Gasteiger partial charge in [-0.25, -0.2) is 0 Å². The second-order valence-corrected chi connectivity index (χ2v) is 4.82. The van der Waals surface area contributed by atoms with E-state index in [0.29, 0.717) is 19.7 Å². The summed E-state index contributed by atoms with van der Waals surface area (Å²) in [6.45, 7) is 1.79. The Morgan fingerprint density at radius 1 is 1.35 bits per heavy atom. The monoisotopic (exact) mass is 272 g/mol. The van der Waals surface area contributed by atoms with Crippen molar-refractivity contribution in [2.75, 3.05) is 13.2 Å². The van der Waals surface area contributed by atoms with E-state index in [9.17, 15) is 4.79 Å². The summed E-state index contributed by atoms with van der Waals surface area (Å²) >= 11 is 0. The minimum absolute atomic E-state index is 0.00720. The first-order chi connectivity index (χ1) is 9.83. The molecule has 1 aliphatic heterocycles. The molecule has 0 saturated carbocycles. The second kappa shape index (κ2) is 5.88. The average molecular weight is 272 g/mol. The molecule has 0 N–H and O–H groups in total. The molecule has 0 atom stereocenters. The Hall–Kier alpha value is -2.14. The summed E-state index contributed by atoms with van der Waals surface area (Å²) in [5, 5.41) is 3.76. The summed E-state index contributed by atoms with van der Waals surface area (Å²) < 4.78 is 10.6. The van der Waals surface area contributed by atoms with Gasteiger partial charge in [-0.15, -0.1) is 0 Å². The Balaban J connectivity index is 1.48. The molecule has 1 aromatic heterocycles. The topological polar surface area (TPSA) is 55.6 Å². The lowest BCUT2D eigenvalue weighted by Gasteiger charge is -2.25. The third-order valence-corrected chi connectivity index (χ3v) is 3.39. The van der Waals surface area contributed by atoms with Gasteiger partial charge in [-0.05, 0) is 5.56 Å². The molecule has 0 fully saturated rings. The molecule has 2 heterocycles. The Kier molecular flexibility index (Phi) is 3.78. The highest BCUT2D eigenvalue weighted by Gasteiger charge is 2.23. The first-order valence-electron chi connectivity index (χ1n) is 6.65. The van der Waals surface area contributed by atoms with Crippen molar-refractivity contribution in [1.29, 1.82) is 0 Å². The van der Waals surface area contributed by atoms with Crippen LogP contribution in [0.3, 0.4) is 0 Å². The van der Waals surface area contributed by atoms with Crippen LogP contribution in [-0.2, 0) is 29.1 Å². The summed E-state index contributed by atoms with van der Waals surface area (Å²) in [4.78, 5) is 13.9. The van der Waals surface area contributed by atoms with Gasteiger partial charge in [0.25, 0.3) is 0 Å². The number of carbonyl (C=O) groups is 1. The van der Waals surface area contributed by atoms with Crippen LogP contribution in [0.15, 0.2) is 41.1 Å². The van der Waals surface area contributed by atoms with Crippen molar-refractivity contribution in [3.63, 3.8) is 0 Å². The zero-order chi connectivity index (χ0) is 13.8. The standard InChI is InChI=1S/C15H16N2O3/c18-15(11-19-10-12-4-2-1-3-5-12)17-7-6-14-13(9-17)8-16-20-14/h1-5,8H,6-7,9-11H2. The molecular weight excluding hydrogens is 256 g/mol. The van der Waals surface area contributed by atoms with Gasteiger partial charge in [0, 0.05) is 18.5 Å². The largest absolute Gasteiger partial charge is 0.367 e. The van der Waals surface area contributed by atoms with Crippen molar-refractivity contribution < 1.29 is 14.1 Å². The number of fused-ring (bicyclic) bond motifs is 1. The van der Waals surface area contributed by atoms with Gasteiger partial charge in [0.15, 0.2) is 0 Å². The van der Waals surface area contributed by atoms with Gasteiger partial charge in [0.1, 0.15) is 12.4 Å². The number of aromatic nitrogens is 1. The van der Waals surface area contributed by atoms with E-state index in [1.165, 1.54) is 0 Å². The lowest BCUT2D eigenvalue weighted by molar-refractivity contribution is -0.137. The number of nitrogens with zero attached hydrogens (tertiary/aromatic N) is 2. The van der Waals surface area contributed by atoms with Gasteiger partial charge in [-0.2, -0.15) is 0 Å². The number of amides is 1. The summed E-state index contributed by atoms with van der Waals surface area (Å²) in [5.41, 5.74) is 2.06. The predicted octanol–water partition coefficient (Wildman–Crippen LogP) is 1.78. The molecule has 5 heteroatoms. The van der Waals surface area contributed by atoms with Crippen molar-refractivity contribution in [2.45, 2.75) is 19.6 Å². The molecule has 20 heavy (non-hydrogen) atoms. The van der Waals surface area contributed by atoms with Crippen molar-refractivity contribution in [3.05, 3.63) is 53.4 Å². The number of hydrogen-bond acceptors (Lipinski definition) is 4. The molecule has 0 unspecified atom stereocenters. The van der Waals surface area contributed by atoms with Crippen LogP contribution in [0.5, 0.6) is 0 Å². The fourth-order valence-corrected chi connectivity index (χ4v) is 2.28. The molecule has 2 aromatic rings. The van der Waals surface area contributed by atoms with Gasteiger partial charge in [-0.1, -0.05) is 35.5 Å². The van der Waals surface area contributed by atoms with E-state index in [1.807, 2.05) is 30.3 Å². The van der Waals surface area contributed by atoms with E-state index < -0.39 is 0 Å². The number of ether oxygens (including phenoxy) is 1. The second-order valence-electron chi connectivity index (χ2n) is 4.82. The number of benzene rings is 1. The fourth-order valence-electron chi connectivity index (χ4n) is 2.28. The first-order valence-corrected chi connectivity index (χ1v) is 6.65. The van der Waals surface area contributed by atoms with Crippen LogP contribution in [0.4, 0.5) is 0 Å². The maximum atomic E-state index is 12.1. The predicted molar refractivity (Wildman–Crippen MR) is 71.7 cm³/mol. The van der Waals surface area contributed by atoms with Crippen LogP contribution in [0.25, 0.3) is 0 Å². The zero-order valence-corrected chi connectivity index (χ0v) is 11.1. The first kappa shape index (κ1) is 12.9. The van der Waals surface area contributed by atoms with Gasteiger partial charge in [0.05, 0.1) is 19.3 Å². The van der Waals surface area contributed by atoms with E-state index in [0.717, 1.165) is 23.3 Å². The minimum Gasteiger partial charge on any atom is -0.367 e. The van der Waals surface area contributed by atoms with E-state index in [4.69, 9.17) is 9.26 Å². The highest BCUT2D eigenvalue weighted by molar-refractivity contribution is 5.77. The van der Waals surface area contributed by atoms with Crippen LogP contribution in [-0.4, -0.2) is 29.1 Å². The number of carbonyl (C=O) groups excluding carboxylic acids is 1. The molecule has 5 nitrogen and oxygen atoms in total. The number of hydrogen-bond donors (Lipinski definition) is 0. The highest BCUT2D eigenvalue weighted by atomic mass is 16.5. The zero-order valence-electron chi connectivity index (χ0n) is 11.1. The summed E-state index contributed by atoms with van der Waals surface area (Å²) in [6, 6.07) is 9.83. The minimum atomic E-state index is 0.00720. The Bertz CT molecular complexity index is 580. The third kappa shape index (κ3) is 2.88. The Labute approximate surface area is 117 Å². The molecule has 0 radical (unpaired) electrons. The molecule has 0 spiro atoms. The van der Waals surface area contributed by atoms with E-state index >= 15 is 0 Å². The Morgan fingerprint density at radius 3 is 3.05 bits per heavy atom. The van der Waals surface area contributed by atoms with Crippen molar-refractivity contribution in [3.8, 4) is 0 Å². The molecule has 0 saturated heterocycles. The van der Waals surface area contributed by atoms with E-state index in [2.05, 4.69) is 5.16 Å².